The SMILES string of the molecule is O=C(c1cnccn1)c1cn(C2CNC2)nn1. The highest BCUT2D eigenvalue weighted by atomic mass is 16.1. The van der Waals surface area contributed by atoms with Crippen LogP contribution in [0.5, 0.6) is 0 Å². The second kappa shape index (κ2) is 4.02. The highest BCUT2D eigenvalue weighted by Crippen LogP contribution is 2.11. The van der Waals surface area contributed by atoms with Crippen LogP contribution in [0.1, 0.15) is 22.2 Å². The largest absolute Gasteiger partial charge is 0.312 e. The van der Waals surface area contributed by atoms with Crippen LogP contribution in [0.3, 0.4) is 0 Å². The zero-order chi connectivity index (χ0) is 11.7. The topological polar surface area (TPSA) is 85.6 Å². The van der Waals surface area contributed by atoms with Crippen molar-refractivity contribution >= 4 is 5.78 Å². The fourth-order valence-electron chi connectivity index (χ4n) is 1.57. The number of hydrogen-bond donors (Lipinski definition) is 1. The second-order valence-electron chi connectivity index (χ2n) is 3.82. The molecule has 7 nitrogen and oxygen atoms in total. The fourth-order valence-corrected chi connectivity index (χ4v) is 1.57. The van der Waals surface area contributed by atoms with Gasteiger partial charge in [-0.3, -0.25) is 9.78 Å². The number of rotatable bonds is 3. The molecule has 0 aliphatic carbocycles. The summed E-state index contributed by atoms with van der Waals surface area (Å²) >= 11 is 0. The molecule has 0 atom stereocenters. The number of nitrogens with zero attached hydrogens (tertiary/aromatic N) is 5. The van der Waals surface area contributed by atoms with Gasteiger partial charge in [-0.25, -0.2) is 9.67 Å². The van der Waals surface area contributed by atoms with Crippen molar-refractivity contribution in [2.75, 3.05) is 13.1 Å². The molecule has 1 N–H and O–H groups in total. The summed E-state index contributed by atoms with van der Waals surface area (Å²) in [4.78, 5) is 19.7. The summed E-state index contributed by atoms with van der Waals surface area (Å²) in [6.07, 6.45) is 6.08. The van der Waals surface area contributed by atoms with Gasteiger partial charge in [-0.2, -0.15) is 0 Å². The third kappa shape index (κ3) is 1.80. The number of aromatic nitrogens is 5. The first-order chi connectivity index (χ1) is 8.34. The van der Waals surface area contributed by atoms with Crippen LogP contribution in [-0.2, 0) is 0 Å². The summed E-state index contributed by atoms with van der Waals surface area (Å²) in [5.74, 6) is -0.253. The first-order valence-electron chi connectivity index (χ1n) is 5.28. The Morgan fingerprint density at radius 1 is 1.35 bits per heavy atom. The van der Waals surface area contributed by atoms with Gasteiger partial charge in [0.1, 0.15) is 5.69 Å². The molecule has 1 saturated heterocycles. The lowest BCUT2D eigenvalue weighted by Crippen LogP contribution is -2.43. The summed E-state index contributed by atoms with van der Waals surface area (Å²) in [6.45, 7) is 1.73. The van der Waals surface area contributed by atoms with E-state index in [-0.39, 0.29) is 11.5 Å². The molecule has 17 heavy (non-hydrogen) atoms. The molecule has 2 aromatic heterocycles. The van der Waals surface area contributed by atoms with Crippen LogP contribution in [0.25, 0.3) is 0 Å². The minimum atomic E-state index is -0.253. The van der Waals surface area contributed by atoms with Gasteiger partial charge in [-0.1, -0.05) is 5.21 Å². The molecule has 7 heteroatoms. The van der Waals surface area contributed by atoms with Crippen molar-refractivity contribution in [2.45, 2.75) is 6.04 Å². The van der Waals surface area contributed by atoms with Gasteiger partial charge in [0.05, 0.1) is 18.4 Å². The van der Waals surface area contributed by atoms with Crippen LogP contribution >= 0.6 is 0 Å². The molecule has 0 aromatic carbocycles. The van der Waals surface area contributed by atoms with Gasteiger partial charge in [0.15, 0.2) is 5.69 Å². The minimum absolute atomic E-state index is 0.253. The van der Waals surface area contributed by atoms with Gasteiger partial charge in [-0.15, -0.1) is 5.10 Å². The molecule has 0 radical (unpaired) electrons. The lowest BCUT2D eigenvalue weighted by Gasteiger charge is -2.26. The Balaban J connectivity index is 1.84. The molecular weight excluding hydrogens is 220 g/mol. The van der Waals surface area contributed by atoms with Crippen molar-refractivity contribution in [3.63, 3.8) is 0 Å². The Hall–Kier alpha value is -2.15. The summed E-state index contributed by atoms with van der Waals surface area (Å²) < 4.78 is 1.71. The molecule has 1 aliphatic heterocycles. The number of carbonyl (C=O) groups excluding carboxylic acids is 1. The standard InChI is InChI=1S/C10H10N6O/c17-10(8-5-11-1-2-13-8)9-6-16(15-14-9)7-3-12-4-7/h1-2,5-7,12H,3-4H2. The minimum Gasteiger partial charge on any atom is -0.312 e. The lowest BCUT2D eigenvalue weighted by atomic mass is 10.2. The summed E-state index contributed by atoms with van der Waals surface area (Å²) in [5, 5.41) is 10.9. The predicted octanol–water partition coefficient (Wildman–Crippen LogP) is -0.557. The number of hydrogen-bond acceptors (Lipinski definition) is 6. The Bertz CT molecular complexity index is 533. The van der Waals surface area contributed by atoms with Gasteiger partial charge in [0.2, 0.25) is 5.78 Å². The van der Waals surface area contributed by atoms with Crippen molar-refractivity contribution in [3.8, 4) is 0 Å². The van der Waals surface area contributed by atoms with E-state index in [0.29, 0.717) is 11.7 Å². The quantitative estimate of drug-likeness (QED) is 0.711. The van der Waals surface area contributed by atoms with Crippen LogP contribution in [0.2, 0.25) is 0 Å². The van der Waals surface area contributed by atoms with Crippen molar-refractivity contribution in [3.05, 3.63) is 36.2 Å². The average molecular weight is 230 g/mol. The van der Waals surface area contributed by atoms with E-state index < -0.39 is 0 Å². The average Bonchev–Trinajstić information content (AvgIpc) is 2.76. The third-order valence-electron chi connectivity index (χ3n) is 2.67. The van der Waals surface area contributed by atoms with Crippen molar-refractivity contribution in [2.24, 2.45) is 0 Å². The first kappa shape index (κ1) is 10.0. The van der Waals surface area contributed by atoms with Gasteiger partial charge in [0.25, 0.3) is 0 Å². The van der Waals surface area contributed by atoms with Crippen molar-refractivity contribution in [1.82, 2.24) is 30.3 Å². The highest BCUT2D eigenvalue weighted by Gasteiger charge is 2.22. The van der Waals surface area contributed by atoms with Crippen LogP contribution < -0.4 is 5.32 Å². The second-order valence-corrected chi connectivity index (χ2v) is 3.82. The van der Waals surface area contributed by atoms with Crippen LogP contribution in [0, 0.1) is 0 Å². The molecule has 1 fully saturated rings. The fraction of sp³-hybridized carbons (Fsp3) is 0.300. The zero-order valence-corrected chi connectivity index (χ0v) is 8.95. The Kier molecular flexibility index (Phi) is 2.37. The third-order valence-corrected chi connectivity index (χ3v) is 2.67. The maximum Gasteiger partial charge on any atom is 0.234 e. The van der Waals surface area contributed by atoms with Crippen LogP contribution in [0.4, 0.5) is 0 Å². The molecule has 0 amide bonds. The zero-order valence-electron chi connectivity index (χ0n) is 8.95. The number of ketones is 1. The molecule has 0 spiro atoms. The molecule has 0 saturated carbocycles. The highest BCUT2D eigenvalue weighted by molar-refractivity contribution is 6.05. The number of carbonyl (C=O) groups is 1. The van der Waals surface area contributed by atoms with Gasteiger partial charge >= 0.3 is 0 Å². The Morgan fingerprint density at radius 3 is 2.88 bits per heavy atom. The Morgan fingerprint density at radius 2 is 2.24 bits per heavy atom. The summed E-state index contributed by atoms with van der Waals surface area (Å²) in [7, 11) is 0. The monoisotopic (exact) mass is 230 g/mol. The van der Waals surface area contributed by atoms with E-state index in [1.54, 1.807) is 10.9 Å². The first-order valence-corrected chi connectivity index (χ1v) is 5.28. The molecule has 2 aromatic rings. The normalized spacial score (nSPS) is 15.5. The molecule has 0 bridgehead atoms. The van der Waals surface area contributed by atoms with Crippen molar-refractivity contribution in [1.29, 1.82) is 0 Å². The van der Waals surface area contributed by atoms with E-state index in [1.165, 1.54) is 18.6 Å². The van der Waals surface area contributed by atoms with E-state index in [9.17, 15) is 4.79 Å². The molecule has 1 aliphatic rings. The van der Waals surface area contributed by atoms with Crippen LogP contribution in [-0.4, -0.2) is 43.8 Å². The smallest absolute Gasteiger partial charge is 0.234 e. The van der Waals surface area contributed by atoms with Crippen molar-refractivity contribution < 1.29 is 4.79 Å². The van der Waals surface area contributed by atoms with Gasteiger partial charge < -0.3 is 5.32 Å². The molecule has 3 heterocycles. The van der Waals surface area contributed by atoms with Crippen LogP contribution in [0.15, 0.2) is 24.8 Å². The summed E-state index contributed by atoms with van der Waals surface area (Å²) in [5.41, 5.74) is 0.587. The number of nitrogens with one attached hydrogen (secondary N) is 1. The maximum absolute atomic E-state index is 12.0. The predicted molar refractivity (Wildman–Crippen MR) is 57.4 cm³/mol. The molecular formula is C10H10N6O. The van der Waals surface area contributed by atoms with E-state index in [4.69, 9.17) is 0 Å². The van der Waals surface area contributed by atoms with Gasteiger partial charge in [0, 0.05) is 25.5 Å². The van der Waals surface area contributed by atoms with E-state index >= 15 is 0 Å². The van der Waals surface area contributed by atoms with E-state index in [2.05, 4.69) is 25.6 Å². The summed E-state index contributed by atoms with van der Waals surface area (Å²) in [6, 6.07) is 0.297. The molecule has 0 unspecified atom stereocenters. The maximum atomic E-state index is 12.0. The Labute approximate surface area is 96.9 Å². The van der Waals surface area contributed by atoms with Gasteiger partial charge in [-0.05, 0) is 0 Å². The van der Waals surface area contributed by atoms with E-state index in [0.717, 1.165) is 13.1 Å². The lowest BCUT2D eigenvalue weighted by molar-refractivity contribution is 0.102. The van der Waals surface area contributed by atoms with E-state index in [1.807, 2.05) is 0 Å². The molecule has 3 rings (SSSR count). The molecule has 86 valence electrons.